The fraction of sp³-hybridized carbons (Fsp3) is 0. The van der Waals surface area contributed by atoms with Gasteiger partial charge in [-0.1, -0.05) is 66.7 Å². The molecule has 0 aliphatic carbocycles. The van der Waals surface area contributed by atoms with Crippen LogP contribution in [0.4, 0.5) is 0 Å². The molecule has 12 rings (SSSR count). The van der Waals surface area contributed by atoms with Crippen LogP contribution in [0, 0.1) is 11.3 Å². The maximum atomic E-state index is 11.3. The van der Waals surface area contributed by atoms with Gasteiger partial charge in [-0.25, -0.2) is 0 Å². The van der Waals surface area contributed by atoms with Crippen LogP contribution >= 0.6 is 0 Å². The highest BCUT2D eigenvalue weighted by Gasteiger charge is 2.29. The summed E-state index contributed by atoms with van der Waals surface area (Å²) in [5, 5.41) is 16.2. The quantitative estimate of drug-likeness (QED) is 0.160. The minimum Gasteiger partial charge on any atom is -0.309 e. The van der Waals surface area contributed by atoms with Crippen LogP contribution in [0.25, 0.3) is 111 Å². The van der Waals surface area contributed by atoms with Gasteiger partial charge in [-0.2, -0.15) is 5.26 Å². The van der Waals surface area contributed by atoms with E-state index in [1.165, 1.54) is 32.6 Å². The first-order chi connectivity index (χ1) is 31.8. The molecule has 0 saturated heterocycles. The molecule has 0 unspecified atom stereocenters. The van der Waals surface area contributed by atoms with E-state index in [2.05, 4.69) is 150 Å². The van der Waals surface area contributed by atoms with Gasteiger partial charge in [-0.15, -0.1) is 0 Å². The Bertz CT molecular complexity index is 3640. The Morgan fingerprint density at radius 2 is 0.656 bits per heavy atom. The third-order valence-corrected chi connectivity index (χ3v) is 12.4. The van der Waals surface area contributed by atoms with Gasteiger partial charge in [0.1, 0.15) is 6.07 Å². The molecule has 6 heterocycles. The van der Waals surface area contributed by atoms with E-state index in [4.69, 9.17) is 0 Å². The zero-order chi connectivity index (χ0) is 42.6. The van der Waals surface area contributed by atoms with Crippen molar-refractivity contribution < 1.29 is 0 Å². The molecule has 12 aromatic rings. The van der Waals surface area contributed by atoms with E-state index in [0.717, 1.165) is 78.0 Å². The van der Waals surface area contributed by atoms with Gasteiger partial charge in [-0.05, 0) is 142 Å². The summed E-state index contributed by atoms with van der Waals surface area (Å²) in [6.45, 7) is 0. The Kier molecular flexibility index (Phi) is 8.73. The fourth-order valence-electron chi connectivity index (χ4n) is 9.81. The molecule has 298 valence electrons. The van der Waals surface area contributed by atoms with Crippen molar-refractivity contribution in [3.05, 3.63) is 219 Å². The van der Waals surface area contributed by atoms with Gasteiger partial charge in [0, 0.05) is 93.6 Å². The molecule has 0 atom stereocenters. The lowest BCUT2D eigenvalue weighted by Gasteiger charge is -2.26. The average Bonchev–Trinajstić information content (AvgIpc) is 3.90. The van der Waals surface area contributed by atoms with Crippen LogP contribution in [0.2, 0.25) is 0 Å². The highest BCUT2D eigenvalue weighted by Crippen LogP contribution is 2.53. The molecule has 7 heteroatoms. The van der Waals surface area contributed by atoms with Crippen molar-refractivity contribution in [2.24, 2.45) is 0 Å². The summed E-state index contributed by atoms with van der Waals surface area (Å²) in [4.78, 5) is 17.6. The molecule has 7 nitrogen and oxygen atoms in total. The lowest BCUT2D eigenvalue weighted by molar-refractivity contribution is 1.17. The molecule has 0 bridgehead atoms. The van der Waals surface area contributed by atoms with Gasteiger partial charge in [0.25, 0.3) is 0 Å². The Morgan fingerprint density at radius 3 is 1.08 bits per heavy atom. The lowest BCUT2D eigenvalue weighted by Crippen LogP contribution is -2.03. The summed E-state index contributed by atoms with van der Waals surface area (Å²) in [6, 6.07) is 60.2. The van der Waals surface area contributed by atoms with E-state index in [1.54, 1.807) is 24.8 Å². The van der Waals surface area contributed by atoms with Crippen LogP contribution in [-0.2, 0) is 0 Å². The number of para-hydroxylation sites is 3. The van der Waals surface area contributed by atoms with Crippen LogP contribution in [0.5, 0.6) is 0 Å². The van der Waals surface area contributed by atoms with E-state index >= 15 is 0 Å². The largest absolute Gasteiger partial charge is 0.309 e. The molecule has 0 aliphatic rings. The second-order valence-corrected chi connectivity index (χ2v) is 15.7. The molecule has 64 heavy (non-hydrogen) atoms. The van der Waals surface area contributed by atoms with Crippen molar-refractivity contribution in [3.63, 3.8) is 0 Å². The van der Waals surface area contributed by atoms with Crippen molar-refractivity contribution in [2.45, 2.75) is 0 Å². The van der Waals surface area contributed by atoms with Gasteiger partial charge in [-0.3, -0.25) is 19.9 Å². The molecule has 6 aromatic carbocycles. The highest BCUT2D eigenvalue weighted by atomic mass is 15.0. The number of hydrogen-bond acceptors (Lipinski definition) is 5. The summed E-state index contributed by atoms with van der Waals surface area (Å²) >= 11 is 0. The Balaban J connectivity index is 1.16. The average molecular weight is 818 g/mol. The second kappa shape index (κ2) is 15.2. The van der Waals surface area contributed by atoms with Crippen LogP contribution in [0.1, 0.15) is 5.56 Å². The standard InChI is InChI=1S/C57H35N7/c58-36-46-51(38-20-28-59-29-21-38)53(40-24-32-61-33-25-40)55(54(41-26-34-62-35-27-41)52(46)39-22-30-60-31-23-39)37-14-16-43(17-15-37)64-48-13-7-5-11-45(48)57-50(64)19-18-49-56(57)44-10-4-6-12-47(44)63(49)42-8-2-1-3-9-42/h1-35H. The SMILES string of the molecule is N#Cc1c(-c2ccncc2)c(-c2ccncc2)c(-c2ccc(-n3c4ccccc4c4c5c6ccccc6n(-c6ccccc6)c5ccc43)cc2)c(-c2ccncc2)c1-c1ccncc1. The van der Waals surface area contributed by atoms with Crippen molar-refractivity contribution in [3.8, 4) is 73.1 Å². The molecule has 0 aliphatic heterocycles. The molecule has 0 N–H and O–H groups in total. The van der Waals surface area contributed by atoms with E-state index in [1.807, 2.05) is 73.3 Å². The maximum absolute atomic E-state index is 11.3. The van der Waals surface area contributed by atoms with Crippen LogP contribution < -0.4 is 0 Å². The van der Waals surface area contributed by atoms with E-state index in [9.17, 15) is 5.26 Å². The third kappa shape index (κ3) is 5.74. The number of fused-ring (bicyclic) bond motifs is 7. The minimum absolute atomic E-state index is 0.557. The Morgan fingerprint density at radius 1 is 0.312 bits per heavy atom. The summed E-state index contributed by atoms with van der Waals surface area (Å²) in [6.07, 6.45) is 14.4. The van der Waals surface area contributed by atoms with Crippen molar-refractivity contribution in [1.82, 2.24) is 29.1 Å². The molecule has 0 spiro atoms. The number of benzene rings is 6. The number of hydrogen-bond donors (Lipinski definition) is 0. The zero-order valence-electron chi connectivity index (χ0n) is 34.3. The smallest absolute Gasteiger partial charge is 0.100 e. The van der Waals surface area contributed by atoms with Crippen molar-refractivity contribution in [2.75, 3.05) is 0 Å². The van der Waals surface area contributed by atoms with Crippen LogP contribution in [-0.4, -0.2) is 29.1 Å². The summed E-state index contributed by atoms with van der Waals surface area (Å²) in [7, 11) is 0. The molecular weight excluding hydrogens is 783 g/mol. The van der Waals surface area contributed by atoms with Gasteiger partial charge in [0.15, 0.2) is 0 Å². The van der Waals surface area contributed by atoms with Crippen molar-refractivity contribution >= 4 is 43.6 Å². The molecular formula is C57H35N7. The fourth-order valence-corrected chi connectivity index (χ4v) is 9.81. The monoisotopic (exact) mass is 817 g/mol. The third-order valence-electron chi connectivity index (χ3n) is 12.4. The molecule has 0 amide bonds. The topological polar surface area (TPSA) is 85.2 Å². The predicted molar refractivity (Wildman–Crippen MR) is 258 cm³/mol. The molecule has 0 fully saturated rings. The molecule has 0 radical (unpaired) electrons. The first-order valence-electron chi connectivity index (χ1n) is 21.2. The summed E-state index contributed by atoms with van der Waals surface area (Å²) < 4.78 is 4.77. The number of pyridine rings is 4. The Labute approximate surface area is 368 Å². The number of rotatable bonds is 7. The van der Waals surface area contributed by atoms with Crippen LogP contribution in [0.15, 0.2) is 213 Å². The van der Waals surface area contributed by atoms with Gasteiger partial charge in [0.2, 0.25) is 0 Å². The highest BCUT2D eigenvalue weighted by molar-refractivity contribution is 6.29. The number of aromatic nitrogens is 6. The normalized spacial score (nSPS) is 11.4. The number of nitrogens with zero attached hydrogens (tertiary/aromatic N) is 7. The number of nitriles is 1. The van der Waals surface area contributed by atoms with E-state index in [-0.39, 0.29) is 0 Å². The first kappa shape index (κ1) is 36.8. The molecule has 0 saturated carbocycles. The molecule has 6 aromatic heterocycles. The maximum Gasteiger partial charge on any atom is 0.100 e. The predicted octanol–water partition coefficient (Wildman–Crippen LogP) is 13.7. The summed E-state index contributed by atoms with van der Waals surface area (Å²) in [5.74, 6) is 0. The van der Waals surface area contributed by atoms with Crippen molar-refractivity contribution in [1.29, 1.82) is 5.26 Å². The van der Waals surface area contributed by atoms with E-state index in [0.29, 0.717) is 5.56 Å². The van der Waals surface area contributed by atoms with Gasteiger partial charge in [0.05, 0.1) is 27.6 Å². The van der Waals surface area contributed by atoms with Gasteiger partial charge >= 0.3 is 0 Å². The van der Waals surface area contributed by atoms with E-state index < -0.39 is 0 Å². The summed E-state index contributed by atoms with van der Waals surface area (Å²) in [5.41, 5.74) is 16.5. The van der Waals surface area contributed by atoms with Gasteiger partial charge < -0.3 is 9.13 Å². The Hall–Kier alpha value is -8.99. The van der Waals surface area contributed by atoms with Crippen LogP contribution in [0.3, 0.4) is 0 Å². The lowest BCUT2D eigenvalue weighted by atomic mass is 9.76. The second-order valence-electron chi connectivity index (χ2n) is 15.7. The zero-order valence-corrected chi connectivity index (χ0v) is 34.3. The minimum atomic E-state index is 0.557. The first-order valence-corrected chi connectivity index (χ1v) is 21.2.